The van der Waals surface area contributed by atoms with Crippen LogP contribution in [-0.4, -0.2) is 6.54 Å². The van der Waals surface area contributed by atoms with Gasteiger partial charge in [0.2, 0.25) is 0 Å². The fourth-order valence-electron chi connectivity index (χ4n) is 0.581. The van der Waals surface area contributed by atoms with Gasteiger partial charge in [0.05, 0.1) is 0 Å². The molecule has 0 aliphatic rings. The molecule has 1 unspecified atom stereocenters. The van der Waals surface area contributed by atoms with E-state index >= 15 is 0 Å². The van der Waals surface area contributed by atoms with E-state index in [2.05, 4.69) is 13.8 Å². The van der Waals surface area contributed by atoms with Crippen LogP contribution in [0.1, 0.15) is 20.3 Å². The van der Waals surface area contributed by atoms with Gasteiger partial charge < -0.3 is 5.73 Å². The first-order valence-electron chi connectivity index (χ1n) is 4.61. The fourth-order valence-corrected chi connectivity index (χ4v) is 0.727. The molecule has 1 rings (SSSR count). The number of halogens is 1. The topological polar surface area (TPSA) is 26.0 Å². The molecule has 13 heavy (non-hydrogen) atoms. The van der Waals surface area contributed by atoms with Crippen LogP contribution >= 0.6 is 11.6 Å². The zero-order valence-corrected chi connectivity index (χ0v) is 9.09. The van der Waals surface area contributed by atoms with E-state index < -0.39 is 0 Å². The van der Waals surface area contributed by atoms with Crippen LogP contribution in [-0.2, 0) is 0 Å². The quantitative estimate of drug-likeness (QED) is 0.777. The third-order valence-electron chi connectivity index (χ3n) is 1.83. The van der Waals surface area contributed by atoms with Gasteiger partial charge in [0, 0.05) is 5.02 Å². The van der Waals surface area contributed by atoms with Crippen LogP contribution < -0.4 is 5.73 Å². The number of nitrogens with two attached hydrogens (primary N) is 1. The van der Waals surface area contributed by atoms with Crippen LogP contribution in [0.3, 0.4) is 0 Å². The lowest BCUT2D eigenvalue weighted by Crippen LogP contribution is -2.08. The molecule has 0 fully saturated rings. The van der Waals surface area contributed by atoms with Gasteiger partial charge in [0.25, 0.3) is 0 Å². The maximum Gasteiger partial charge on any atom is 0.0405 e. The summed E-state index contributed by atoms with van der Waals surface area (Å²) in [5.41, 5.74) is 5.28. The standard InChI is InChI=1S/C6H5Cl.C5H13N/c7-6-4-2-1-3-5-6;1-3-5(2)4-6/h1-5H;5H,3-4,6H2,1-2H3. The highest BCUT2D eigenvalue weighted by molar-refractivity contribution is 6.30. The lowest BCUT2D eigenvalue weighted by Gasteiger charge is -1.98. The highest BCUT2D eigenvalue weighted by atomic mass is 35.5. The Balaban J connectivity index is 0.000000226. The van der Waals surface area contributed by atoms with Gasteiger partial charge in [-0.3, -0.25) is 0 Å². The summed E-state index contributed by atoms with van der Waals surface area (Å²) in [6, 6.07) is 9.44. The Bertz CT molecular complexity index is 195. The molecule has 0 bridgehead atoms. The maximum atomic E-state index is 5.54. The second-order valence-electron chi connectivity index (χ2n) is 3.04. The van der Waals surface area contributed by atoms with Crippen molar-refractivity contribution in [1.82, 2.24) is 0 Å². The second-order valence-corrected chi connectivity index (χ2v) is 3.48. The van der Waals surface area contributed by atoms with E-state index in [1.54, 1.807) is 0 Å². The molecule has 1 atom stereocenters. The molecule has 0 spiro atoms. The highest BCUT2D eigenvalue weighted by Gasteiger charge is 1.88. The maximum absolute atomic E-state index is 5.54. The summed E-state index contributed by atoms with van der Waals surface area (Å²) in [6.45, 7) is 5.13. The Morgan fingerprint density at radius 1 is 1.31 bits per heavy atom. The molecule has 0 heterocycles. The van der Waals surface area contributed by atoms with Gasteiger partial charge in [-0.15, -0.1) is 0 Å². The molecule has 0 aromatic heterocycles. The summed E-state index contributed by atoms with van der Waals surface area (Å²) in [4.78, 5) is 0. The lowest BCUT2D eigenvalue weighted by molar-refractivity contribution is 0.576. The molecule has 1 nitrogen and oxygen atoms in total. The Kier molecular flexibility index (Phi) is 7.76. The average Bonchev–Trinajstić information content (AvgIpc) is 2.19. The number of rotatable bonds is 2. The number of benzene rings is 1. The molecule has 0 aliphatic heterocycles. The first-order chi connectivity index (χ1) is 6.20. The Hall–Kier alpha value is -0.530. The summed E-state index contributed by atoms with van der Waals surface area (Å²) in [5.74, 6) is 0.713. The van der Waals surface area contributed by atoms with Crippen molar-refractivity contribution in [2.75, 3.05) is 6.54 Å². The summed E-state index contributed by atoms with van der Waals surface area (Å²) < 4.78 is 0. The predicted molar refractivity (Wildman–Crippen MR) is 60.0 cm³/mol. The summed E-state index contributed by atoms with van der Waals surface area (Å²) in [5, 5.41) is 0.794. The first-order valence-corrected chi connectivity index (χ1v) is 4.99. The highest BCUT2D eigenvalue weighted by Crippen LogP contribution is 2.03. The third kappa shape index (κ3) is 7.82. The van der Waals surface area contributed by atoms with Gasteiger partial charge >= 0.3 is 0 Å². The minimum absolute atomic E-state index is 0.713. The van der Waals surface area contributed by atoms with E-state index in [0.717, 1.165) is 11.6 Å². The number of hydrogen-bond donors (Lipinski definition) is 1. The predicted octanol–water partition coefficient (Wildman–Crippen LogP) is 3.33. The van der Waals surface area contributed by atoms with Crippen LogP contribution in [0.25, 0.3) is 0 Å². The van der Waals surface area contributed by atoms with Crippen LogP contribution in [0.15, 0.2) is 30.3 Å². The van der Waals surface area contributed by atoms with Crippen molar-refractivity contribution in [1.29, 1.82) is 0 Å². The fraction of sp³-hybridized carbons (Fsp3) is 0.455. The SMILES string of the molecule is CCC(C)CN.Clc1ccccc1. The van der Waals surface area contributed by atoms with E-state index in [1.807, 2.05) is 30.3 Å². The molecule has 0 aliphatic carbocycles. The van der Waals surface area contributed by atoms with Gasteiger partial charge in [-0.25, -0.2) is 0 Å². The molecule has 0 radical (unpaired) electrons. The van der Waals surface area contributed by atoms with E-state index in [-0.39, 0.29) is 0 Å². The molecule has 0 saturated carbocycles. The summed E-state index contributed by atoms with van der Waals surface area (Å²) >= 11 is 5.54. The first kappa shape index (κ1) is 12.5. The Morgan fingerprint density at radius 3 is 2.00 bits per heavy atom. The monoisotopic (exact) mass is 199 g/mol. The van der Waals surface area contributed by atoms with Crippen LogP contribution in [0.5, 0.6) is 0 Å². The molecule has 74 valence electrons. The molecule has 2 N–H and O–H groups in total. The van der Waals surface area contributed by atoms with Crippen molar-refractivity contribution >= 4 is 11.6 Å². The zero-order chi connectivity index (χ0) is 10.1. The Labute approximate surface area is 85.9 Å². The van der Waals surface area contributed by atoms with Crippen molar-refractivity contribution in [3.63, 3.8) is 0 Å². The summed E-state index contributed by atoms with van der Waals surface area (Å²) in [7, 11) is 0. The third-order valence-corrected chi connectivity index (χ3v) is 2.08. The minimum atomic E-state index is 0.713. The van der Waals surface area contributed by atoms with E-state index in [0.29, 0.717) is 5.92 Å². The molecular formula is C11H18ClN. The second kappa shape index (κ2) is 8.09. The largest absolute Gasteiger partial charge is 0.330 e. The van der Waals surface area contributed by atoms with Crippen LogP contribution in [0, 0.1) is 5.92 Å². The van der Waals surface area contributed by atoms with Gasteiger partial charge in [-0.05, 0) is 24.6 Å². The molecule has 1 aromatic carbocycles. The van der Waals surface area contributed by atoms with E-state index in [9.17, 15) is 0 Å². The average molecular weight is 200 g/mol. The van der Waals surface area contributed by atoms with Gasteiger partial charge in [-0.2, -0.15) is 0 Å². The van der Waals surface area contributed by atoms with Crippen LogP contribution in [0.4, 0.5) is 0 Å². The lowest BCUT2D eigenvalue weighted by atomic mass is 10.1. The zero-order valence-electron chi connectivity index (χ0n) is 8.33. The van der Waals surface area contributed by atoms with Crippen LogP contribution in [0.2, 0.25) is 5.02 Å². The van der Waals surface area contributed by atoms with Gasteiger partial charge in [0.1, 0.15) is 0 Å². The van der Waals surface area contributed by atoms with E-state index in [4.69, 9.17) is 17.3 Å². The van der Waals surface area contributed by atoms with E-state index in [1.165, 1.54) is 6.42 Å². The van der Waals surface area contributed by atoms with Gasteiger partial charge in [0.15, 0.2) is 0 Å². The summed E-state index contributed by atoms with van der Waals surface area (Å²) in [6.07, 6.45) is 1.20. The Morgan fingerprint density at radius 2 is 1.85 bits per heavy atom. The molecule has 0 amide bonds. The number of hydrogen-bond acceptors (Lipinski definition) is 1. The van der Waals surface area contributed by atoms with Crippen molar-refractivity contribution in [2.24, 2.45) is 11.7 Å². The molecular weight excluding hydrogens is 182 g/mol. The van der Waals surface area contributed by atoms with Crippen molar-refractivity contribution < 1.29 is 0 Å². The molecule has 1 aromatic rings. The smallest absolute Gasteiger partial charge is 0.0405 e. The van der Waals surface area contributed by atoms with Crippen molar-refractivity contribution in [3.05, 3.63) is 35.4 Å². The van der Waals surface area contributed by atoms with Crippen molar-refractivity contribution in [3.8, 4) is 0 Å². The van der Waals surface area contributed by atoms with Gasteiger partial charge in [-0.1, -0.05) is 50.1 Å². The molecule has 0 saturated heterocycles. The normalized spacial score (nSPS) is 11.4. The minimum Gasteiger partial charge on any atom is -0.330 e. The van der Waals surface area contributed by atoms with Crippen molar-refractivity contribution in [2.45, 2.75) is 20.3 Å². The molecule has 2 heteroatoms.